The molecule has 0 saturated carbocycles. The Bertz CT molecular complexity index is 595. The van der Waals surface area contributed by atoms with Crippen LogP contribution in [0.1, 0.15) is 32.0 Å². The summed E-state index contributed by atoms with van der Waals surface area (Å²) < 4.78 is 3.00. The minimum absolute atomic E-state index is 0.215. The van der Waals surface area contributed by atoms with Crippen LogP contribution in [-0.4, -0.2) is 25.6 Å². The van der Waals surface area contributed by atoms with Gasteiger partial charge in [0, 0.05) is 30.1 Å². The molecule has 6 heteroatoms. The fraction of sp³-hybridized carbons (Fsp3) is 0.462. The molecule has 0 bridgehead atoms. The number of aliphatic carboxylic acids is 1. The van der Waals surface area contributed by atoms with Crippen LogP contribution in [-0.2, 0) is 17.8 Å². The van der Waals surface area contributed by atoms with Crippen LogP contribution in [0.4, 0.5) is 0 Å². The minimum atomic E-state index is -0.742. The van der Waals surface area contributed by atoms with Gasteiger partial charge in [-0.1, -0.05) is 6.92 Å². The van der Waals surface area contributed by atoms with Gasteiger partial charge in [0.1, 0.15) is 11.3 Å². The van der Waals surface area contributed by atoms with Crippen molar-refractivity contribution < 1.29 is 9.90 Å². The molecule has 0 spiro atoms. The summed E-state index contributed by atoms with van der Waals surface area (Å²) in [5.41, 5.74) is 1.75. The van der Waals surface area contributed by atoms with Gasteiger partial charge in [0.05, 0.1) is 0 Å². The van der Waals surface area contributed by atoms with E-state index in [0.29, 0.717) is 6.42 Å². The largest absolute Gasteiger partial charge is 0.481 e. The fourth-order valence-electron chi connectivity index (χ4n) is 2.08. The number of hydrogen-bond acceptors (Lipinski definition) is 3. The summed E-state index contributed by atoms with van der Waals surface area (Å²) in [5.74, 6) is 0.254. The first-order valence-corrected chi connectivity index (χ1v) is 7.13. The summed E-state index contributed by atoms with van der Waals surface area (Å²) in [5, 5.41) is 8.64. The Labute approximate surface area is 119 Å². The molecule has 0 aliphatic rings. The molecule has 19 heavy (non-hydrogen) atoms. The van der Waals surface area contributed by atoms with Gasteiger partial charge in [0.25, 0.3) is 0 Å². The molecule has 2 aromatic rings. The summed E-state index contributed by atoms with van der Waals surface area (Å²) in [6.45, 7) is 2.82. The topological polar surface area (TPSA) is 68.0 Å². The second-order valence-corrected chi connectivity index (χ2v) is 5.30. The van der Waals surface area contributed by atoms with E-state index < -0.39 is 5.97 Å². The van der Waals surface area contributed by atoms with E-state index >= 15 is 0 Å². The summed E-state index contributed by atoms with van der Waals surface area (Å²) in [6, 6.07) is 1.95. The van der Waals surface area contributed by atoms with Crippen molar-refractivity contribution in [3.8, 4) is 0 Å². The minimum Gasteiger partial charge on any atom is -0.481 e. The molecule has 0 aromatic carbocycles. The second kappa shape index (κ2) is 6.14. The monoisotopic (exact) mass is 325 g/mol. The summed E-state index contributed by atoms with van der Waals surface area (Å²) >= 11 is 3.39. The number of imidazole rings is 1. The summed E-state index contributed by atoms with van der Waals surface area (Å²) in [6.07, 6.45) is 4.31. The first-order valence-electron chi connectivity index (χ1n) is 6.34. The van der Waals surface area contributed by atoms with E-state index in [0.717, 1.165) is 40.8 Å². The number of unbranched alkanes of at least 4 members (excludes halogenated alkanes) is 1. The number of hydrogen-bond donors (Lipinski definition) is 1. The van der Waals surface area contributed by atoms with Gasteiger partial charge in [0.2, 0.25) is 0 Å². The molecule has 2 rings (SSSR count). The lowest BCUT2D eigenvalue weighted by Crippen LogP contribution is -2.05. The van der Waals surface area contributed by atoms with E-state index in [1.165, 1.54) is 0 Å². The Morgan fingerprint density at radius 2 is 2.26 bits per heavy atom. The number of rotatable bonds is 6. The van der Waals surface area contributed by atoms with Crippen LogP contribution >= 0.6 is 15.9 Å². The lowest BCUT2D eigenvalue weighted by atomic mass is 10.2. The molecule has 2 aromatic heterocycles. The quantitative estimate of drug-likeness (QED) is 0.829. The Balaban J connectivity index is 2.18. The van der Waals surface area contributed by atoms with Crippen molar-refractivity contribution in [3.05, 3.63) is 22.6 Å². The van der Waals surface area contributed by atoms with E-state index in [1.54, 1.807) is 6.20 Å². The van der Waals surface area contributed by atoms with Crippen molar-refractivity contribution >= 4 is 33.1 Å². The highest BCUT2D eigenvalue weighted by Crippen LogP contribution is 2.19. The molecule has 0 amide bonds. The number of aromatic nitrogens is 3. The molecule has 0 aliphatic carbocycles. The van der Waals surface area contributed by atoms with E-state index in [-0.39, 0.29) is 6.42 Å². The van der Waals surface area contributed by atoms with E-state index in [1.807, 2.05) is 6.07 Å². The standard InChI is InChI=1S/C13H16BrN3O2/c1-2-11-16-10-7-9(14)8-15-13(10)17(11)6-4-3-5-12(18)19/h7-8H,2-6H2,1H3,(H,18,19). The van der Waals surface area contributed by atoms with Gasteiger partial charge in [0.15, 0.2) is 5.65 Å². The zero-order valence-electron chi connectivity index (χ0n) is 10.8. The smallest absolute Gasteiger partial charge is 0.303 e. The molecule has 2 heterocycles. The maximum absolute atomic E-state index is 10.5. The first kappa shape index (κ1) is 14.0. The molecule has 0 aliphatic heterocycles. The van der Waals surface area contributed by atoms with E-state index in [4.69, 9.17) is 5.11 Å². The molecule has 0 fully saturated rings. The molecular formula is C13H16BrN3O2. The highest BCUT2D eigenvalue weighted by molar-refractivity contribution is 9.10. The third kappa shape index (κ3) is 3.32. The van der Waals surface area contributed by atoms with Gasteiger partial charge in [-0.25, -0.2) is 9.97 Å². The van der Waals surface area contributed by atoms with Crippen molar-refractivity contribution in [1.82, 2.24) is 14.5 Å². The van der Waals surface area contributed by atoms with Gasteiger partial charge in [-0.05, 0) is 34.8 Å². The average Bonchev–Trinajstić information content (AvgIpc) is 2.71. The molecule has 102 valence electrons. The molecule has 0 saturated heterocycles. The molecular weight excluding hydrogens is 310 g/mol. The predicted molar refractivity (Wildman–Crippen MR) is 76.1 cm³/mol. The molecule has 0 atom stereocenters. The van der Waals surface area contributed by atoms with E-state index in [2.05, 4.69) is 37.4 Å². The SMILES string of the molecule is CCc1nc2cc(Br)cnc2n1CCCCC(=O)O. The lowest BCUT2D eigenvalue weighted by Gasteiger charge is -2.06. The normalized spacial score (nSPS) is 11.1. The Morgan fingerprint density at radius 1 is 1.47 bits per heavy atom. The first-order chi connectivity index (χ1) is 9.11. The average molecular weight is 326 g/mol. The zero-order valence-corrected chi connectivity index (χ0v) is 12.4. The van der Waals surface area contributed by atoms with Crippen molar-refractivity contribution in [2.24, 2.45) is 0 Å². The van der Waals surface area contributed by atoms with Crippen LogP contribution in [0.15, 0.2) is 16.7 Å². The number of fused-ring (bicyclic) bond motifs is 1. The highest BCUT2D eigenvalue weighted by atomic mass is 79.9. The van der Waals surface area contributed by atoms with Crippen LogP contribution in [0.2, 0.25) is 0 Å². The fourth-order valence-corrected chi connectivity index (χ4v) is 2.40. The number of pyridine rings is 1. The van der Waals surface area contributed by atoms with Crippen LogP contribution in [0, 0.1) is 0 Å². The van der Waals surface area contributed by atoms with Crippen LogP contribution < -0.4 is 0 Å². The lowest BCUT2D eigenvalue weighted by molar-refractivity contribution is -0.137. The van der Waals surface area contributed by atoms with Crippen LogP contribution in [0.5, 0.6) is 0 Å². The molecule has 0 radical (unpaired) electrons. The second-order valence-electron chi connectivity index (χ2n) is 4.38. The predicted octanol–water partition coefficient (Wildman–Crippen LogP) is 3.01. The molecule has 1 N–H and O–H groups in total. The number of carboxylic acids is 1. The summed E-state index contributed by atoms with van der Waals surface area (Å²) in [7, 11) is 0. The molecule has 5 nitrogen and oxygen atoms in total. The maximum atomic E-state index is 10.5. The Morgan fingerprint density at radius 3 is 2.95 bits per heavy atom. The van der Waals surface area contributed by atoms with Crippen LogP contribution in [0.3, 0.4) is 0 Å². The van der Waals surface area contributed by atoms with Gasteiger partial charge in [-0.2, -0.15) is 0 Å². The number of carbonyl (C=O) groups is 1. The van der Waals surface area contributed by atoms with Gasteiger partial charge >= 0.3 is 5.97 Å². The maximum Gasteiger partial charge on any atom is 0.303 e. The Kier molecular flexibility index (Phi) is 4.52. The third-order valence-corrected chi connectivity index (χ3v) is 3.40. The van der Waals surface area contributed by atoms with Crippen LogP contribution in [0.25, 0.3) is 11.2 Å². The van der Waals surface area contributed by atoms with Crippen molar-refractivity contribution in [2.45, 2.75) is 39.2 Å². The van der Waals surface area contributed by atoms with Gasteiger partial charge in [-0.3, -0.25) is 4.79 Å². The third-order valence-electron chi connectivity index (χ3n) is 2.97. The van der Waals surface area contributed by atoms with Crippen molar-refractivity contribution in [1.29, 1.82) is 0 Å². The number of aryl methyl sites for hydroxylation is 2. The highest BCUT2D eigenvalue weighted by Gasteiger charge is 2.10. The van der Waals surface area contributed by atoms with Gasteiger partial charge < -0.3 is 9.67 Å². The van der Waals surface area contributed by atoms with Crippen molar-refractivity contribution in [3.63, 3.8) is 0 Å². The number of carboxylic acid groups (broad SMARTS) is 1. The Hall–Kier alpha value is -1.43. The number of halogens is 1. The summed E-state index contributed by atoms with van der Waals surface area (Å²) in [4.78, 5) is 19.5. The van der Waals surface area contributed by atoms with Crippen molar-refractivity contribution in [2.75, 3.05) is 0 Å². The molecule has 0 unspecified atom stereocenters. The van der Waals surface area contributed by atoms with E-state index in [9.17, 15) is 4.79 Å². The number of nitrogens with zero attached hydrogens (tertiary/aromatic N) is 3. The van der Waals surface area contributed by atoms with Gasteiger partial charge in [-0.15, -0.1) is 0 Å². The zero-order chi connectivity index (χ0) is 13.8.